The number of carbonyl (C=O) groups is 2. The molecule has 2 aromatic carbocycles. The number of ether oxygens (including phenoxy) is 2. The van der Waals surface area contributed by atoms with Crippen LogP contribution in [0.15, 0.2) is 48.5 Å². The van der Waals surface area contributed by atoms with Crippen LogP contribution in [0.3, 0.4) is 0 Å². The largest absolute Gasteiger partial charge is 0.496 e. The second-order valence-electron chi connectivity index (χ2n) is 5.90. The first kappa shape index (κ1) is 20.5. The summed E-state index contributed by atoms with van der Waals surface area (Å²) in [6, 6.07) is 13.7. The summed E-state index contributed by atoms with van der Waals surface area (Å²) in [5.74, 6) is -0.225. The van der Waals surface area contributed by atoms with Gasteiger partial charge in [-0.2, -0.15) is 0 Å². The average Bonchev–Trinajstić information content (AvgIpc) is 2.71. The number of para-hydroxylation sites is 1. The zero-order valence-corrected chi connectivity index (χ0v) is 16.0. The Hall–Kier alpha value is -2.86. The Bertz CT molecular complexity index is 772. The van der Waals surface area contributed by atoms with E-state index in [1.165, 1.54) is 7.11 Å². The molecule has 27 heavy (non-hydrogen) atoms. The Morgan fingerprint density at radius 2 is 1.78 bits per heavy atom. The molecule has 0 spiro atoms. The molecule has 0 fully saturated rings. The molecule has 0 aliphatic heterocycles. The number of methoxy groups -OCH3 is 1. The normalized spacial score (nSPS) is 10.5. The molecular weight excluding hydrogens is 344 g/mol. The monoisotopic (exact) mass is 370 g/mol. The Morgan fingerprint density at radius 1 is 1.04 bits per heavy atom. The highest BCUT2D eigenvalue weighted by Gasteiger charge is 2.13. The quantitative estimate of drug-likeness (QED) is 0.685. The second-order valence-corrected chi connectivity index (χ2v) is 5.90. The van der Waals surface area contributed by atoms with Crippen molar-refractivity contribution in [3.63, 3.8) is 0 Å². The highest BCUT2D eigenvalue weighted by atomic mass is 16.5. The molecule has 0 aromatic heterocycles. The molecule has 2 aromatic rings. The van der Waals surface area contributed by atoms with E-state index in [1.807, 2.05) is 0 Å². The van der Waals surface area contributed by atoms with Gasteiger partial charge in [-0.1, -0.05) is 32.0 Å². The van der Waals surface area contributed by atoms with Crippen molar-refractivity contribution >= 4 is 17.6 Å². The first-order valence-corrected chi connectivity index (χ1v) is 9.03. The lowest BCUT2D eigenvalue weighted by molar-refractivity contribution is 0.0466. The van der Waals surface area contributed by atoms with Gasteiger partial charge in [0, 0.05) is 12.2 Å². The molecule has 6 nitrogen and oxygen atoms in total. The van der Waals surface area contributed by atoms with E-state index in [4.69, 9.17) is 9.47 Å². The predicted octanol–water partition coefficient (Wildman–Crippen LogP) is 3.45. The molecule has 0 aliphatic carbocycles. The third-order valence-electron chi connectivity index (χ3n) is 4.24. The number of benzene rings is 2. The molecule has 0 aliphatic rings. The van der Waals surface area contributed by atoms with Gasteiger partial charge in [0.1, 0.15) is 12.4 Å². The Labute approximate surface area is 160 Å². The van der Waals surface area contributed by atoms with Crippen molar-refractivity contribution in [3.8, 4) is 5.75 Å². The fourth-order valence-corrected chi connectivity index (χ4v) is 2.65. The van der Waals surface area contributed by atoms with Gasteiger partial charge in [-0.05, 0) is 43.4 Å². The van der Waals surface area contributed by atoms with E-state index >= 15 is 0 Å². The molecule has 0 saturated carbocycles. The number of anilines is 1. The van der Waals surface area contributed by atoms with Gasteiger partial charge in [-0.25, -0.2) is 4.79 Å². The summed E-state index contributed by atoms with van der Waals surface area (Å²) in [4.78, 5) is 26.9. The highest BCUT2D eigenvalue weighted by molar-refractivity contribution is 6.06. The van der Waals surface area contributed by atoms with Crippen LogP contribution in [0, 0.1) is 0 Å². The van der Waals surface area contributed by atoms with Gasteiger partial charge in [0.2, 0.25) is 0 Å². The Kier molecular flexibility index (Phi) is 7.82. The smallest absolute Gasteiger partial charge is 0.338 e. The van der Waals surface area contributed by atoms with E-state index in [9.17, 15) is 9.59 Å². The Morgan fingerprint density at radius 3 is 2.48 bits per heavy atom. The van der Waals surface area contributed by atoms with E-state index < -0.39 is 5.97 Å². The van der Waals surface area contributed by atoms with E-state index in [0.29, 0.717) is 35.7 Å². The predicted molar refractivity (Wildman–Crippen MR) is 105 cm³/mol. The lowest BCUT2D eigenvalue weighted by Gasteiger charge is -2.17. The fraction of sp³-hybridized carbons (Fsp3) is 0.333. The van der Waals surface area contributed by atoms with E-state index in [0.717, 1.165) is 13.1 Å². The molecule has 144 valence electrons. The minimum absolute atomic E-state index is 0.306. The van der Waals surface area contributed by atoms with Crippen molar-refractivity contribution in [3.05, 3.63) is 59.7 Å². The summed E-state index contributed by atoms with van der Waals surface area (Å²) in [5, 5.41) is 2.79. The molecule has 0 heterocycles. The maximum absolute atomic E-state index is 12.5. The van der Waals surface area contributed by atoms with Crippen molar-refractivity contribution in [1.82, 2.24) is 4.90 Å². The standard InChI is InChI=1S/C21H26N2O4/c1-4-23(5-2)13-14-27-21(25)16-9-8-10-17(15-16)22-20(24)18-11-6-7-12-19(18)26-3/h6-12,15H,4-5,13-14H2,1-3H3,(H,22,24). The van der Waals surface area contributed by atoms with Crippen LogP contribution >= 0.6 is 0 Å². The van der Waals surface area contributed by atoms with Crippen LogP contribution in [0.5, 0.6) is 5.75 Å². The zero-order chi connectivity index (χ0) is 19.6. The zero-order valence-electron chi connectivity index (χ0n) is 16.0. The van der Waals surface area contributed by atoms with E-state index in [1.54, 1.807) is 48.5 Å². The van der Waals surface area contributed by atoms with E-state index in [2.05, 4.69) is 24.1 Å². The molecule has 6 heteroatoms. The van der Waals surface area contributed by atoms with Gasteiger partial charge in [0.05, 0.1) is 18.2 Å². The second kappa shape index (κ2) is 10.3. The molecule has 1 amide bonds. The molecule has 2 rings (SSSR count). The minimum Gasteiger partial charge on any atom is -0.496 e. The number of esters is 1. The summed E-state index contributed by atoms with van der Waals surface area (Å²) in [7, 11) is 1.51. The number of carbonyl (C=O) groups excluding carboxylic acids is 2. The summed E-state index contributed by atoms with van der Waals surface area (Å²) in [6.07, 6.45) is 0. The lowest BCUT2D eigenvalue weighted by Crippen LogP contribution is -2.27. The van der Waals surface area contributed by atoms with Crippen molar-refractivity contribution in [1.29, 1.82) is 0 Å². The summed E-state index contributed by atoms with van der Waals surface area (Å²) in [5.41, 5.74) is 1.34. The lowest BCUT2D eigenvalue weighted by atomic mass is 10.1. The van der Waals surface area contributed by atoms with Crippen molar-refractivity contribution in [2.24, 2.45) is 0 Å². The summed E-state index contributed by atoms with van der Waals surface area (Å²) in [6.45, 7) is 7.00. The van der Waals surface area contributed by atoms with Gasteiger partial charge in [0.25, 0.3) is 5.91 Å². The first-order valence-electron chi connectivity index (χ1n) is 9.03. The number of likely N-dealkylation sites (N-methyl/N-ethyl adjacent to an activating group) is 1. The summed E-state index contributed by atoms with van der Waals surface area (Å²) < 4.78 is 10.5. The van der Waals surface area contributed by atoms with Crippen LogP contribution in [-0.2, 0) is 4.74 Å². The van der Waals surface area contributed by atoms with Gasteiger partial charge in [-0.3, -0.25) is 4.79 Å². The van der Waals surface area contributed by atoms with Crippen LogP contribution in [0.4, 0.5) is 5.69 Å². The molecule has 0 radical (unpaired) electrons. The van der Waals surface area contributed by atoms with Crippen LogP contribution < -0.4 is 10.1 Å². The maximum Gasteiger partial charge on any atom is 0.338 e. The highest BCUT2D eigenvalue weighted by Crippen LogP contribution is 2.19. The van der Waals surface area contributed by atoms with Crippen molar-refractivity contribution in [2.45, 2.75) is 13.8 Å². The average molecular weight is 370 g/mol. The minimum atomic E-state index is -0.407. The van der Waals surface area contributed by atoms with Crippen LogP contribution in [0.1, 0.15) is 34.6 Å². The number of rotatable bonds is 9. The van der Waals surface area contributed by atoms with Gasteiger partial charge in [0.15, 0.2) is 0 Å². The van der Waals surface area contributed by atoms with Crippen molar-refractivity contribution < 1.29 is 19.1 Å². The molecular formula is C21H26N2O4. The number of hydrogen-bond donors (Lipinski definition) is 1. The van der Waals surface area contributed by atoms with E-state index in [-0.39, 0.29) is 5.91 Å². The number of hydrogen-bond acceptors (Lipinski definition) is 5. The van der Waals surface area contributed by atoms with Crippen LogP contribution in [0.25, 0.3) is 0 Å². The molecule has 1 N–H and O–H groups in total. The summed E-state index contributed by atoms with van der Waals surface area (Å²) >= 11 is 0. The molecule has 0 unspecified atom stereocenters. The molecule has 0 saturated heterocycles. The van der Waals surface area contributed by atoms with Gasteiger partial charge >= 0.3 is 5.97 Å². The van der Waals surface area contributed by atoms with Crippen LogP contribution in [-0.4, -0.2) is 50.1 Å². The number of nitrogens with zero attached hydrogens (tertiary/aromatic N) is 1. The third-order valence-corrected chi connectivity index (χ3v) is 4.24. The number of nitrogens with one attached hydrogen (secondary N) is 1. The molecule has 0 atom stereocenters. The molecule has 0 bridgehead atoms. The topological polar surface area (TPSA) is 67.9 Å². The first-order chi connectivity index (χ1) is 13.1. The Balaban J connectivity index is 2.00. The fourth-order valence-electron chi connectivity index (χ4n) is 2.65. The maximum atomic E-state index is 12.5. The number of amides is 1. The van der Waals surface area contributed by atoms with Crippen molar-refractivity contribution in [2.75, 3.05) is 38.7 Å². The van der Waals surface area contributed by atoms with Crippen LogP contribution in [0.2, 0.25) is 0 Å². The van der Waals surface area contributed by atoms with Gasteiger partial charge in [-0.15, -0.1) is 0 Å². The SMILES string of the molecule is CCN(CC)CCOC(=O)c1cccc(NC(=O)c2ccccc2OC)c1. The third kappa shape index (κ3) is 5.82. The van der Waals surface area contributed by atoms with Gasteiger partial charge < -0.3 is 19.7 Å².